The first-order chi connectivity index (χ1) is 6.63. The third-order valence-electron chi connectivity index (χ3n) is 3.45. The molecule has 14 heavy (non-hydrogen) atoms. The van der Waals surface area contributed by atoms with Gasteiger partial charge in [-0.3, -0.25) is 5.10 Å². The summed E-state index contributed by atoms with van der Waals surface area (Å²) in [6, 6.07) is 0. The molecule has 1 aliphatic carbocycles. The lowest BCUT2D eigenvalue weighted by Gasteiger charge is -2.24. The molecule has 78 valence electrons. The highest BCUT2D eigenvalue weighted by Crippen LogP contribution is 2.47. The molecule has 0 amide bonds. The van der Waals surface area contributed by atoms with Crippen LogP contribution >= 0.6 is 0 Å². The zero-order chi connectivity index (χ0) is 10.2. The average molecular weight is 193 g/mol. The standard InChI is InChI=1S/C11H19N3/c1-4-9-12-10(14-13-9)8-6-5-7-11(8,2)3/h8H,4-7H2,1-3H3,(H,12,13,14). The Bertz CT molecular complexity index is 314. The minimum atomic E-state index is 0.382. The number of nitrogens with zero attached hydrogens (tertiary/aromatic N) is 2. The number of hydrogen-bond acceptors (Lipinski definition) is 2. The molecular formula is C11H19N3. The second-order valence-electron chi connectivity index (χ2n) is 4.93. The predicted octanol–water partition coefficient (Wildman–Crippen LogP) is 2.66. The lowest BCUT2D eigenvalue weighted by atomic mass is 9.81. The SMILES string of the molecule is CCc1nc(C2CCCC2(C)C)n[nH]1. The number of H-pyrrole nitrogens is 1. The minimum Gasteiger partial charge on any atom is -0.263 e. The third kappa shape index (κ3) is 1.56. The zero-order valence-electron chi connectivity index (χ0n) is 9.30. The molecule has 0 aromatic carbocycles. The van der Waals surface area contributed by atoms with E-state index in [1.807, 2.05) is 0 Å². The van der Waals surface area contributed by atoms with Gasteiger partial charge < -0.3 is 0 Å². The topological polar surface area (TPSA) is 41.6 Å². The van der Waals surface area contributed by atoms with Crippen molar-refractivity contribution in [2.45, 2.75) is 52.4 Å². The van der Waals surface area contributed by atoms with Crippen LogP contribution in [-0.2, 0) is 6.42 Å². The maximum absolute atomic E-state index is 4.54. The van der Waals surface area contributed by atoms with Crippen molar-refractivity contribution in [2.75, 3.05) is 0 Å². The van der Waals surface area contributed by atoms with E-state index in [1.54, 1.807) is 0 Å². The van der Waals surface area contributed by atoms with Crippen molar-refractivity contribution in [3.63, 3.8) is 0 Å². The molecule has 1 heterocycles. The van der Waals surface area contributed by atoms with E-state index in [0.29, 0.717) is 11.3 Å². The van der Waals surface area contributed by atoms with Gasteiger partial charge in [0.25, 0.3) is 0 Å². The van der Waals surface area contributed by atoms with Crippen molar-refractivity contribution in [3.05, 3.63) is 11.6 Å². The smallest absolute Gasteiger partial charge is 0.154 e. The maximum Gasteiger partial charge on any atom is 0.154 e. The van der Waals surface area contributed by atoms with Crippen LogP contribution in [0, 0.1) is 5.41 Å². The molecule has 1 aromatic heterocycles. The molecule has 0 radical (unpaired) electrons. The van der Waals surface area contributed by atoms with E-state index >= 15 is 0 Å². The Hall–Kier alpha value is -0.860. The molecular weight excluding hydrogens is 174 g/mol. The molecule has 1 unspecified atom stereocenters. The van der Waals surface area contributed by atoms with Crippen LogP contribution in [0.15, 0.2) is 0 Å². The summed E-state index contributed by atoms with van der Waals surface area (Å²) in [4.78, 5) is 4.54. The predicted molar refractivity (Wildman–Crippen MR) is 56.1 cm³/mol. The monoisotopic (exact) mass is 193 g/mol. The molecule has 3 nitrogen and oxygen atoms in total. The molecule has 1 saturated carbocycles. The third-order valence-corrected chi connectivity index (χ3v) is 3.45. The minimum absolute atomic E-state index is 0.382. The number of rotatable bonds is 2. The zero-order valence-corrected chi connectivity index (χ0v) is 9.30. The summed E-state index contributed by atoms with van der Waals surface area (Å²) in [6.07, 6.45) is 4.80. The summed E-state index contributed by atoms with van der Waals surface area (Å²) in [6.45, 7) is 6.75. The van der Waals surface area contributed by atoms with Gasteiger partial charge in [-0.1, -0.05) is 27.2 Å². The van der Waals surface area contributed by atoms with Crippen LogP contribution in [-0.4, -0.2) is 15.2 Å². The van der Waals surface area contributed by atoms with Crippen molar-refractivity contribution in [2.24, 2.45) is 5.41 Å². The van der Waals surface area contributed by atoms with Gasteiger partial charge >= 0.3 is 0 Å². The van der Waals surface area contributed by atoms with Crippen LogP contribution in [0.5, 0.6) is 0 Å². The summed E-state index contributed by atoms with van der Waals surface area (Å²) in [7, 11) is 0. The molecule has 0 bridgehead atoms. The number of hydrogen-bond donors (Lipinski definition) is 1. The molecule has 0 saturated heterocycles. The fourth-order valence-electron chi connectivity index (χ4n) is 2.43. The average Bonchev–Trinajstić information content (AvgIpc) is 2.70. The second kappa shape index (κ2) is 3.37. The first kappa shape index (κ1) is 9.69. The van der Waals surface area contributed by atoms with Gasteiger partial charge in [0.2, 0.25) is 0 Å². The van der Waals surface area contributed by atoms with Crippen LogP contribution in [0.3, 0.4) is 0 Å². The normalized spacial score (nSPS) is 25.5. The Morgan fingerprint density at radius 1 is 1.50 bits per heavy atom. The van der Waals surface area contributed by atoms with E-state index in [0.717, 1.165) is 18.1 Å². The molecule has 0 aliphatic heterocycles. The van der Waals surface area contributed by atoms with E-state index in [1.165, 1.54) is 19.3 Å². The number of aromatic nitrogens is 3. The largest absolute Gasteiger partial charge is 0.263 e. The van der Waals surface area contributed by atoms with Gasteiger partial charge in [0.05, 0.1) is 0 Å². The van der Waals surface area contributed by atoms with Crippen molar-refractivity contribution in [1.29, 1.82) is 0 Å². The van der Waals surface area contributed by atoms with Crippen LogP contribution in [0.1, 0.15) is 57.6 Å². The van der Waals surface area contributed by atoms with Gasteiger partial charge in [0, 0.05) is 12.3 Å². The molecule has 1 atom stereocenters. The van der Waals surface area contributed by atoms with Crippen LogP contribution < -0.4 is 0 Å². The second-order valence-corrected chi connectivity index (χ2v) is 4.93. The lowest BCUT2D eigenvalue weighted by molar-refractivity contribution is 0.322. The van der Waals surface area contributed by atoms with Gasteiger partial charge in [-0.05, 0) is 18.3 Å². The van der Waals surface area contributed by atoms with Crippen molar-refractivity contribution in [1.82, 2.24) is 15.2 Å². The summed E-state index contributed by atoms with van der Waals surface area (Å²) in [5, 5.41) is 7.34. The summed E-state index contributed by atoms with van der Waals surface area (Å²) in [5.74, 6) is 2.60. The molecule has 0 spiro atoms. The quantitative estimate of drug-likeness (QED) is 0.784. The number of aromatic amines is 1. The van der Waals surface area contributed by atoms with Crippen molar-refractivity contribution in [3.8, 4) is 0 Å². The summed E-state index contributed by atoms with van der Waals surface area (Å²) >= 11 is 0. The number of aryl methyl sites for hydroxylation is 1. The highest BCUT2D eigenvalue weighted by molar-refractivity contribution is 5.06. The first-order valence-corrected chi connectivity index (χ1v) is 5.54. The number of nitrogens with one attached hydrogen (secondary N) is 1. The van der Waals surface area contributed by atoms with Crippen molar-refractivity contribution < 1.29 is 0 Å². The Kier molecular flexibility index (Phi) is 2.33. The molecule has 3 heteroatoms. The van der Waals surface area contributed by atoms with Gasteiger partial charge in [0.1, 0.15) is 5.82 Å². The molecule has 1 N–H and O–H groups in total. The van der Waals surface area contributed by atoms with Gasteiger partial charge in [-0.15, -0.1) is 0 Å². The van der Waals surface area contributed by atoms with Crippen molar-refractivity contribution >= 4 is 0 Å². The Balaban J connectivity index is 2.22. The first-order valence-electron chi connectivity index (χ1n) is 5.54. The van der Waals surface area contributed by atoms with Crippen LogP contribution in [0.25, 0.3) is 0 Å². The van der Waals surface area contributed by atoms with Gasteiger partial charge in [0.15, 0.2) is 5.82 Å². The Labute approximate surface area is 85.3 Å². The van der Waals surface area contributed by atoms with E-state index in [2.05, 4.69) is 36.0 Å². The van der Waals surface area contributed by atoms with Gasteiger partial charge in [-0.2, -0.15) is 5.10 Å². The molecule has 1 aromatic rings. The molecule has 1 aliphatic rings. The summed E-state index contributed by atoms with van der Waals surface area (Å²) < 4.78 is 0. The van der Waals surface area contributed by atoms with Crippen LogP contribution in [0.4, 0.5) is 0 Å². The highest BCUT2D eigenvalue weighted by Gasteiger charge is 2.37. The maximum atomic E-state index is 4.54. The fraction of sp³-hybridized carbons (Fsp3) is 0.818. The highest BCUT2D eigenvalue weighted by atomic mass is 15.2. The van der Waals surface area contributed by atoms with E-state index in [-0.39, 0.29) is 0 Å². The lowest BCUT2D eigenvalue weighted by Crippen LogP contribution is -2.16. The summed E-state index contributed by atoms with van der Waals surface area (Å²) in [5.41, 5.74) is 0.382. The van der Waals surface area contributed by atoms with E-state index in [4.69, 9.17) is 0 Å². The Morgan fingerprint density at radius 2 is 2.29 bits per heavy atom. The fourth-order valence-corrected chi connectivity index (χ4v) is 2.43. The van der Waals surface area contributed by atoms with E-state index in [9.17, 15) is 0 Å². The molecule has 1 fully saturated rings. The molecule has 2 rings (SSSR count). The van der Waals surface area contributed by atoms with Gasteiger partial charge in [-0.25, -0.2) is 4.98 Å². The van der Waals surface area contributed by atoms with Crippen LogP contribution in [0.2, 0.25) is 0 Å². The van der Waals surface area contributed by atoms with E-state index < -0.39 is 0 Å². The Morgan fingerprint density at radius 3 is 2.79 bits per heavy atom.